The molecule has 0 spiro atoms. The van der Waals surface area contributed by atoms with E-state index in [1.54, 1.807) is 0 Å². The summed E-state index contributed by atoms with van der Waals surface area (Å²) in [4.78, 5) is 5.06. The highest BCUT2D eigenvalue weighted by molar-refractivity contribution is 5.03. The molecule has 0 bridgehead atoms. The molecule has 0 radical (unpaired) electrons. The van der Waals surface area contributed by atoms with Gasteiger partial charge in [0.15, 0.2) is 0 Å². The van der Waals surface area contributed by atoms with E-state index in [0.29, 0.717) is 12.1 Å². The van der Waals surface area contributed by atoms with Crippen molar-refractivity contribution < 1.29 is 0 Å². The van der Waals surface area contributed by atoms with Gasteiger partial charge in [-0.3, -0.25) is 4.90 Å². The van der Waals surface area contributed by atoms with Crippen LogP contribution in [0.2, 0.25) is 0 Å². The van der Waals surface area contributed by atoms with Gasteiger partial charge in [0.1, 0.15) is 0 Å². The maximum atomic E-state index is 6.09. The Morgan fingerprint density at radius 3 is 2.44 bits per heavy atom. The average molecular weight is 227 g/mol. The molecule has 0 aromatic rings. The molecule has 3 nitrogen and oxygen atoms in total. The Kier molecular flexibility index (Phi) is 4.77. The third-order valence-electron chi connectivity index (χ3n) is 4.42. The van der Waals surface area contributed by atoms with Gasteiger partial charge in [-0.05, 0) is 40.3 Å². The summed E-state index contributed by atoms with van der Waals surface area (Å²) < 4.78 is 0. The van der Waals surface area contributed by atoms with Crippen molar-refractivity contribution in [3.63, 3.8) is 0 Å². The SMILES string of the molecule is CCC(C)N(CC)C1(CN)CC(C)N(C)C1. The van der Waals surface area contributed by atoms with Gasteiger partial charge in [-0.25, -0.2) is 0 Å². The third kappa shape index (κ3) is 2.41. The molecule has 1 saturated heterocycles. The summed E-state index contributed by atoms with van der Waals surface area (Å²) in [7, 11) is 2.21. The van der Waals surface area contributed by atoms with Gasteiger partial charge in [0.2, 0.25) is 0 Å². The van der Waals surface area contributed by atoms with Crippen LogP contribution in [0.1, 0.15) is 40.5 Å². The molecule has 1 fully saturated rings. The number of nitrogens with two attached hydrogens (primary N) is 1. The van der Waals surface area contributed by atoms with E-state index in [1.807, 2.05) is 0 Å². The molecule has 96 valence electrons. The summed E-state index contributed by atoms with van der Waals surface area (Å²) in [5.74, 6) is 0. The molecule has 3 atom stereocenters. The molecular weight excluding hydrogens is 198 g/mol. The fourth-order valence-corrected chi connectivity index (χ4v) is 3.20. The molecule has 1 rings (SSSR count). The highest BCUT2D eigenvalue weighted by Crippen LogP contribution is 2.32. The highest BCUT2D eigenvalue weighted by atomic mass is 15.3. The van der Waals surface area contributed by atoms with Crippen molar-refractivity contribution >= 4 is 0 Å². The van der Waals surface area contributed by atoms with Crippen molar-refractivity contribution in [2.75, 3.05) is 26.7 Å². The lowest BCUT2D eigenvalue weighted by molar-refractivity contribution is 0.0656. The number of hydrogen-bond acceptors (Lipinski definition) is 3. The van der Waals surface area contributed by atoms with Gasteiger partial charge in [0.05, 0.1) is 0 Å². The van der Waals surface area contributed by atoms with Gasteiger partial charge in [0, 0.05) is 30.7 Å². The van der Waals surface area contributed by atoms with Gasteiger partial charge in [-0.15, -0.1) is 0 Å². The summed E-state index contributed by atoms with van der Waals surface area (Å²) >= 11 is 0. The van der Waals surface area contributed by atoms with Crippen LogP contribution in [-0.2, 0) is 0 Å². The van der Waals surface area contributed by atoms with Gasteiger partial charge in [-0.2, -0.15) is 0 Å². The van der Waals surface area contributed by atoms with E-state index in [0.717, 1.165) is 19.6 Å². The number of hydrogen-bond donors (Lipinski definition) is 1. The molecule has 1 heterocycles. The Labute approximate surface area is 101 Å². The number of likely N-dealkylation sites (tertiary alicyclic amines) is 1. The average Bonchev–Trinajstić information content (AvgIpc) is 2.56. The summed E-state index contributed by atoms with van der Waals surface area (Å²) in [5.41, 5.74) is 6.30. The second-order valence-electron chi connectivity index (χ2n) is 5.44. The molecule has 0 amide bonds. The van der Waals surface area contributed by atoms with E-state index in [1.165, 1.54) is 12.8 Å². The Morgan fingerprint density at radius 2 is 2.12 bits per heavy atom. The predicted molar refractivity (Wildman–Crippen MR) is 70.6 cm³/mol. The van der Waals surface area contributed by atoms with E-state index < -0.39 is 0 Å². The van der Waals surface area contributed by atoms with Crippen LogP contribution in [0.15, 0.2) is 0 Å². The third-order valence-corrected chi connectivity index (χ3v) is 4.42. The summed E-state index contributed by atoms with van der Waals surface area (Å²) in [5, 5.41) is 0. The van der Waals surface area contributed by atoms with Crippen LogP contribution in [0, 0.1) is 0 Å². The van der Waals surface area contributed by atoms with E-state index in [9.17, 15) is 0 Å². The number of likely N-dealkylation sites (N-methyl/N-ethyl adjacent to an activating group) is 2. The van der Waals surface area contributed by atoms with E-state index in [2.05, 4.69) is 44.5 Å². The van der Waals surface area contributed by atoms with E-state index in [-0.39, 0.29) is 5.54 Å². The standard InChI is InChI=1S/C13H29N3/c1-6-11(3)16(7-2)13(9-14)8-12(4)15(5)10-13/h11-12H,6-10,14H2,1-5H3. The smallest absolute Gasteiger partial charge is 0.0475 e. The monoisotopic (exact) mass is 227 g/mol. The minimum absolute atomic E-state index is 0.207. The summed E-state index contributed by atoms with van der Waals surface area (Å²) in [6.45, 7) is 12.1. The fourth-order valence-electron chi connectivity index (χ4n) is 3.20. The lowest BCUT2D eigenvalue weighted by atomic mass is 9.92. The van der Waals surface area contributed by atoms with Crippen molar-refractivity contribution in [3.05, 3.63) is 0 Å². The molecule has 0 aliphatic carbocycles. The van der Waals surface area contributed by atoms with Crippen LogP contribution in [0.3, 0.4) is 0 Å². The van der Waals surface area contributed by atoms with Crippen molar-refractivity contribution in [2.45, 2.75) is 58.2 Å². The zero-order chi connectivity index (χ0) is 12.3. The molecule has 0 aromatic carbocycles. The Bertz CT molecular complexity index is 207. The van der Waals surface area contributed by atoms with E-state index >= 15 is 0 Å². The van der Waals surface area contributed by atoms with Gasteiger partial charge < -0.3 is 10.6 Å². The van der Waals surface area contributed by atoms with Crippen LogP contribution < -0.4 is 5.73 Å². The summed E-state index contributed by atoms with van der Waals surface area (Å²) in [6, 6.07) is 1.29. The first-order valence-corrected chi connectivity index (χ1v) is 6.67. The van der Waals surface area contributed by atoms with Crippen molar-refractivity contribution in [3.8, 4) is 0 Å². The zero-order valence-corrected chi connectivity index (χ0v) is 11.7. The summed E-state index contributed by atoms with van der Waals surface area (Å²) in [6.07, 6.45) is 2.41. The van der Waals surface area contributed by atoms with E-state index in [4.69, 9.17) is 5.73 Å². The molecule has 2 N–H and O–H groups in total. The molecule has 1 aliphatic rings. The second kappa shape index (κ2) is 5.48. The predicted octanol–water partition coefficient (Wildman–Crippen LogP) is 1.53. The Hall–Kier alpha value is -0.120. The highest BCUT2D eigenvalue weighted by Gasteiger charge is 2.44. The van der Waals surface area contributed by atoms with Gasteiger partial charge in [0.25, 0.3) is 0 Å². The lowest BCUT2D eigenvalue weighted by Crippen LogP contribution is -2.58. The first kappa shape index (κ1) is 13.9. The number of nitrogens with zero attached hydrogens (tertiary/aromatic N) is 2. The van der Waals surface area contributed by atoms with Gasteiger partial charge in [-0.1, -0.05) is 13.8 Å². The molecular formula is C13H29N3. The Balaban J connectivity index is 2.86. The molecule has 0 aromatic heterocycles. The number of rotatable bonds is 5. The van der Waals surface area contributed by atoms with Crippen LogP contribution >= 0.6 is 0 Å². The first-order valence-electron chi connectivity index (χ1n) is 6.67. The minimum atomic E-state index is 0.207. The van der Waals surface area contributed by atoms with Gasteiger partial charge >= 0.3 is 0 Å². The van der Waals surface area contributed by atoms with Crippen molar-refractivity contribution in [2.24, 2.45) is 5.73 Å². The first-order chi connectivity index (χ1) is 7.50. The second-order valence-corrected chi connectivity index (χ2v) is 5.44. The molecule has 3 unspecified atom stereocenters. The molecule has 0 saturated carbocycles. The Morgan fingerprint density at radius 1 is 1.50 bits per heavy atom. The molecule has 16 heavy (non-hydrogen) atoms. The molecule has 1 aliphatic heterocycles. The van der Waals surface area contributed by atoms with Crippen LogP contribution in [0.4, 0.5) is 0 Å². The minimum Gasteiger partial charge on any atom is -0.329 e. The lowest BCUT2D eigenvalue weighted by Gasteiger charge is -2.43. The van der Waals surface area contributed by atoms with Crippen LogP contribution in [-0.4, -0.2) is 54.1 Å². The van der Waals surface area contributed by atoms with Crippen LogP contribution in [0.25, 0.3) is 0 Å². The zero-order valence-electron chi connectivity index (χ0n) is 11.7. The normalized spacial score (nSPS) is 33.6. The largest absolute Gasteiger partial charge is 0.329 e. The van der Waals surface area contributed by atoms with Crippen LogP contribution in [0.5, 0.6) is 0 Å². The quantitative estimate of drug-likeness (QED) is 0.773. The maximum Gasteiger partial charge on any atom is 0.0475 e. The fraction of sp³-hybridized carbons (Fsp3) is 1.00. The topological polar surface area (TPSA) is 32.5 Å². The molecule has 3 heteroatoms. The maximum absolute atomic E-state index is 6.09. The van der Waals surface area contributed by atoms with Crippen molar-refractivity contribution in [1.29, 1.82) is 0 Å². The van der Waals surface area contributed by atoms with Crippen molar-refractivity contribution in [1.82, 2.24) is 9.80 Å².